The fraction of sp³-hybridized carbons (Fsp3) is 0.625. The maximum atomic E-state index is 8.85. The van der Waals surface area contributed by atoms with Crippen LogP contribution in [0.4, 0.5) is 5.69 Å². The van der Waals surface area contributed by atoms with Crippen LogP contribution < -0.4 is 9.64 Å². The SMILES string of the molecule is COc1ccc(N2CCCN(CCCCO)CC2)cc1. The summed E-state index contributed by atoms with van der Waals surface area (Å²) < 4.78 is 5.21. The predicted octanol–water partition coefficient (Wildman–Crippen LogP) is 1.98. The molecular weight excluding hydrogens is 252 g/mol. The highest BCUT2D eigenvalue weighted by atomic mass is 16.5. The van der Waals surface area contributed by atoms with Crippen LogP contribution in [0.3, 0.4) is 0 Å². The Hall–Kier alpha value is -1.26. The summed E-state index contributed by atoms with van der Waals surface area (Å²) in [5, 5.41) is 8.85. The molecule has 2 rings (SSSR count). The molecule has 0 amide bonds. The molecule has 0 aromatic heterocycles. The zero-order valence-corrected chi connectivity index (χ0v) is 12.4. The van der Waals surface area contributed by atoms with Crippen LogP contribution >= 0.6 is 0 Å². The standard InChI is InChI=1S/C16H26N2O2/c1-20-16-7-5-15(6-8-16)18-11-4-10-17(12-13-18)9-2-3-14-19/h5-8,19H,2-4,9-14H2,1H3. The molecule has 0 atom stereocenters. The number of methoxy groups -OCH3 is 1. The summed E-state index contributed by atoms with van der Waals surface area (Å²) in [4.78, 5) is 4.96. The molecule has 0 spiro atoms. The zero-order chi connectivity index (χ0) is 14.2. The van der Waals surface area contributed by atoms with Gasteiger partial charge in [0, 0.05) is 31.9 Å². The van der Waals surface area contributed by atoms with Crippen molar-refractivity contribution < 1.29 is 9.84 Å². The molecule has 1 aromatic rings. The van der Waals surface area contributed by atoms with E-state index < -0.39 is 0 Å². The van der Waals surface area contributed by atoms with E-state index in [0.29, 0.717) is 6.61 Å². The predicted molar refractivity (Wildman–Crippen MR) is 82.6 cm³/mol. The van der Waals surface area contributed by atoms with Crippen molar-refractivity contribution in [2.45, 2.75) is 19.3 Å². The summed E-state index contributed by atoms with van der Waals surface area (Å²) in [5.74, 6) is 0.911. The number of aliphatic hydroxyl groups is 1. The molecule has 1 fully saturated rings. The van der Waals surface area contributed by atoms with Gasteiger partial charge in [-0.1, -0.05) is 0 Å². The first kappa shape index (κ1) is 15.1. The fourth-order valence-corrected chi connectivity index (χ4v) is 2.69. The molecule has 4 nitrogen and oxygen atoms in total. The third-order valence-electron chi connectivity index (χ3n) is 3.91. The van der Waals surface area contributed by atoms with Gasteiger partial charge in [-0.25, -0.2) is 0 Å². The Morgan fingerprint density at radius 3 is 2.55 bits per heavy atom. The Kier molecular flexibility index (Phi) is 6.15. The number of rotatable bonds is 6. The van der Waals surface area contributed by atoms with Crippen molar-refractivity contribution in [1.82, 2.24) is 4.90 Å². The van der Waals surface area contributed by atoms with E-state index in [0.717, 1.165) is 51.3 Å². The molecule has 0 radical (unpaired) electrons. The van der Waals surface area contributed by atoms with Crippen LogP contribution in [0.1, 0.15) is 19.3 Å². The molecule has 0 unspecified atom stereocenters. The lowest BCUT2D eigenvalue weighted by atomic mass is 10.2. The number of ether oxygens (including phenoxy) is 1. The van der Waals surface area contributed by atoms with Gasteiger partial charge in [-0.2, -0.15) is 0 Å². The van der Waals surface area contributed by atoms with E-state index in [-0.39, 0.29) is 0 Å². The molecule has 1 aromatic carbocycles. The molecule has 1 N–H and O–H groups in total. The van der Waals surface area contributed by atoms with Crippen LogP contribution in [-0.4, -0.2) is 56.4 Å². The van der Waals surface area contributed by atoms with Crippen LogP contribution in [0.15, 0.2) is 24.3 Å². The van der Waals surface area contributed by atoms with Gasteiger partial charge in [-0.3, -0.25) is 0 Å². The van der Waals surface area contributed by atoms with Gasteiger partial charge >= 0.3 is 0 Å². The molecule has 1 aliphatic rings. The third kappa shape index (κ3) is 4.39. The molecule has 0 aliphatic carbocycles. The Balaban J connectivity index is 1.85. The quantitative estimate of drug-likeness (QED) is 0.807. The van der Waals surface area contributed by atoms with Crippen LogP contribution in [0, 0.1) is 0 Å². The van der Waals surface area contributed by atoms with Gasteiger partial charge in [0.15, 0.2) is 0 Å². The Labute approximate surface area is 122 Å². The van der Waals surface area contributed by atoms with E-state index in [2.05, 4.69) is 21.9 Å². The summed E-state index contributed by atoms with van der Waals surface area (Å²) in [5.41, 5.74) is 1.28. The zero-order valence-electron chi connectivity index (χ0n) is 12.4. The second-order valence-electron chi connectivity index (χ2n) is 5.31. The van der Waals surface area contributed by atoms with E-state index in [1.165, 1.54) is 12.1 Å². The number of unbranched alkanes of at least 4 members (excludes halogenated alkanes) is 1. The van der Waals surface area contributed by atoms with Crippen molar-refractivity contribution in [2.75, 3.05) is 51.3 Å². The van der Waals surface area contributed by atoms with Crippen molar-refractivity contribution in [2.24, 2.45) is 0 Å². The van der Waals surface area contributed by atoms with Gasteiger partial charge < -0.3 is 19.6 Å². The molecule has 0 saturated carbocycles. The highest BCUT2D eigenvalue weighted by molar-refractivity contribution is 5.49. The van der Waals surface area contributed by atoms with Crippen molar-refractivity contribution in [3.8, 4) is 5.75 Å². The van der Waals surface area contributed by atoms with Gasteiger partial charge in [-0.15, -0.1) is 0 Å². The average Bonchev–Trinajstić information content (AvgIpc) is 2.73. The largest absolute Gasteiger partial charge is 0.497 e. The van der Waals surface area contributed by atoms with Crippen molar-refractivity contribution in [3.05, 3.63) is 24.3 Å². The summed E-state index contributed by atoms with van der Waals surface area (Å²) in [6, 6.07) is 8.33. The lowest BCUT2D eigenvalue weighted by molar-refractivity contribution is 0.250. The van der Waals surface area contributed by atoms with Gasteiger partial charge in [0.1, 0.15) is 5.75 Å². The van der Waals surface area contributed by atoms with Crippen LogP contribution in [0.2, 0.25) is 0 Å². The average molecular weight is 278 g/mol. The number of hydrogen-bond acceptors (Lipinski definition) is 4. The minimum atomic E-state index is 0.311. The molecule has 112 valence electrons. The molecule has 1 heterocycles. The van der Waals surface area contributed by atoms with Gasteiger partial charge in [0.2, 0.25) is 0 Å². The summed E-state index contributed by atoms with van der Waals surface area (Å²) in [7, 11) is 1.70. The van der Waals surface area contributed by atoms with Gasteiger partial charge in [0.25, 0.3) is 0 Å². The molecule has 1 saturated heterocycles. The second-order valence-corrected chi connectivity index (χ2v) is 5.31. The molecule has 1 aliphatic heterocycles. The molecule has 4 heteroatoms. The van der Waals surface area contributed by atoms with Gasteiger partial charge in [0.05, 0.1) is 7.11 Å². The van der Waals surface area contributed by atoms with E-state index in [9.17, 15) is 0 Å². The maximum Gasteiger partial charge on any atom is 0.119 e. The van der Waals surface area contributed by atoms with Gasteiger partial charge in [-0.05, 0) is 56.6 Å². The smallest absolute Gasteiger partial charge is 0.119 e. The Morgan fingerprint density at radius 2 is 1.85 bits per heavy atom. The number of nitrogens with zero attached hydrogens (tertiary/aromatic N) is 2. The Bertz CT molecular complexity index is 381. The van der Waals surface area contributed by atoms with Crippen molar-refractivity contribution in [1.29, 1.82) is 0 Å². The highest BCUT2D eigenvalue weighted by Crippen LogP contribution is 2.20. The minimum Gasteiger partial charge on any atom is -0.497 e. The third-order valence-corrected chi connectivity index (χ3v) is 3.91. The van der Waals surface area contributed by atoms with Crippen LogP contribution in [0.25, 0.3) is 0 Å². The lowest BCUT2D eigenvalue weighted by Crippen LogP contribution is -2.31. The van der Waals surface area contributed by atoms with E-state index in [4.69, 9.17) is 9.84 Å². The van der Waals surface area contributed by atoms with Crippen molar-refractivity contribution >= 4 is 5.69 Å². The maximum absolute atomic E-state index is 8.85. The molecule has 0 bridgehead atoms. The molecule has 20 heavy (non-hydrogen) atoms. The lowest BCUT2D eigenvalue weighted by Gasteiger charge is -2.23. The summed E-state index contributed by atoms with van der Waals surface area (Å²) >= 11 is 0. The number of anilines is 1. The highest BCUT2D eigenvalue weighted by Gasteiger charge is 2.14. The summed E-state index contributed by atoms with van der Waals surface area (Å²) in [6.07, 6.45) is 3.21. The monoisotopic (exact) mass is 278 g/mol. The normalized spacial score (nSPS) is 17.0. The first-order chi connectivity index (χ1) is 9.83. The second kappa shape index (κ2) is 8.12. The van der Waals surface area contributed by atoms with E-state index >= 15 is 0 Å². The minimum absolute atomic E-state index is 0.311. The first-order valence-corrected chi connectivity index (χ1v) is 7.55. The summed E-state index contributed by atoms with van der Waals surface area (Å²) in [6.45, 7) is 5.88. The Morgan fingerprint density at radius 1 is 1.05 bits per heavy atom. The van der Waals surface area contributed by atoms with Crippen LogP contribution in [0.5, 0.6) is 5.75 Å². The van der Waals surface area contributed by atoms with Crippen LogP contribution in [-0.2, 0) is 0 Å². The number of aliphatic hydroxyl groups excluding tert-OH is 1. The first-order valence-electron chi connectivity index (χ1n) is 7.55. The molecular formula is C16H26N2O2. The fourth-order valence-electron chi connectivity index (χ4n) is 2.69. The topological polar surface area (TPSA) is 35.9 Å². The van der Waals surface area contributed by atoms with E-state index in [1.807, 2.05) is 12.1 Å². The number of benzene rings is 1. The number of hydrogen-bond donors (Lipinski definition) is 1. The van der Waals surface area contributed by atoms with Crippen molar-refractivity contribution in [3.63, 3.8) is 0 Å². The van der Waals surface area contributed by atoms with E-state index in [1.54, 1.807) is 7.11 Å².